The highest BCUT2D eigenvalue weighted by molar-refractivity contribution is 6.24. The van der Waals surface area contributed by atoms with Gasteiger partial charge in [0.2, 0.25) is 0 Å². The van der Waals surface area contributed by atoms with Crippen molar-refractivity contribution in [2.45, 2.75) is 0 Å². The Hall–Kier alpha value is -4.88. The van der Waals surface area contributed by atoms with E-state index in [-0.39, 0.29) is 29.7 Å². The number of furan rings is 1. The number of fused-ring (bicyclic) bond motifs is 6. The fourth-order valence-electron chi connectivity index (χ4n) is 5.78. The number of rotatable bonds is 2. The Balaban J connectivity index is 1.53. The summed E-state index contributed by atoms with van der Waals surface area (Å²) in [6.07, 6.45) is 0. The van der Waals surface area contributed by atoms with Crippen molar-refractivity contribution in [3.63, 3.8) is 0 Å². The predicted molar refractivity (Wildman–Crippen MR) is 157 cm³/mol. The van der Waals surface area contributed by atoms with Gasteiger partial charge in [-0.05, 0) is 72.8 Å². The first-order valence-electron chi connectivity index (χ1n) is 14.8. The molecule has 0 amide bonds. The lowest BCUT2D eigenvalue weighted by Gasteiger charge is -2.18. The molecule has 8 aromatic rings. The van der Waals surface area contributed by atoms with E-state index < -0.39 is 6.04 Å². The van der Waals surface area contributed by atoms with Crippen LogP contribution in [0, 0.1) is 0 Å². The molecular formula is C36H22O. The van der Waals surface area contributed by atoms with Gasteiger partial charge in [0.05, 0.1) is 6.85 Å². The van der Waals surface area contributed by atoms with Crippen molar-refractivity contribution in [1.29, 1.82) is 0 Å². The van der Waals surface area contributed by atoms with E-state index >= 15 is 0 Å². The molecule has 1 heterocycles. The second-order valence-corrected chi connectivity index (χ2v) is 9.31. The standard InChI is InChI=1S/C36H22O/c1-2-11-23(12-3-1)35-26-15-4-6-17-28(26)36(29-18-7-5-16-27(29)35)30-19-10-13-24-21-32-25-14-8-9-20-33(25)37-34(32)22-31(24)30/h1-22H/i1D,2D,3D,11D,12D. The molecule has 1 heteroatoms. The minimum absolute atomic E-state index is 0.207. The lowest BCUT2D eigenvalue weighted by molar-refractivity contribution is 0.669. The van der Waals surface area contributed by atoms with Crippen molar-refractivity contribution < 1.29 is 11.3 Å². The molecule has 0 radical (unpaired) electrons. The Morgan fingerprint density at radius 3 is 1.78 bits per heavy atom. The van der Waals surface area contributed by atoms with Crippen molar-refractivity contribution >= 4 is 54.3 Å². The Morgan fingerprint density at radius 2 is 1.08 bits per heavy atom. The van der Waals surface area contributed by atoms with Gasteiger partial charge in [-0.3, -0.25) is 0 Å². The van der Waals surface area contributed by atoms with E-state index in [9.17, 15) is 0 Å². The average molecular weight is 476 g/mol. The minimum Gasteiger partial charge on any atom is -0.456 e. The lowest BCUT2D eigenvalue weighted by atomic mass is 9.84. The highest BCUT2D eigenvalue weighted by Crippen LogP contribution is 2.45. The van der Waals surface area contributed by atoms with E-state index in [1.165, 1.54) is 0 Å². The van der Waals surface area contributed by atoms with Crippen LogP contribution in [0.4, 0.5) is 0 Å². The SMILES string of the molecule is [2H]c1c([2H])c([2H])c(-c2c3ccccc3c(-c3cccc4cc5c(cc34)oc3ccccc35)c3ccccc23)c([2H])c1[2H]. The summed E-state index contributed by atoms with van der Waals surface area (Å²) in [5, 5.41) is 7.83. The Morgan fingerprint density at radius 1 is 0.459 bits per heavy atom. The van der Waals surface area contributed by atoms with E-state index in [0.29, 0.717) is 5.56 Å². The van der Waals surface area contributed by atoms with Crippen LogP contribution in [-0.2, 0) is 0 Å². The Labute approximate surface area is 221 Å². The number of hydrogen-bond acceptors (Lipinski definition) is 1. The zero-order valence-electron chi connectivity index (χ0n) is 24.7. The molecule has 8 rings (SSSR count). The van der Waals surface area contributed by atoms with Crippen LogP contribution in [0.25, 0.3) is 76.5 Å². The highest BCUT2D eigenvalue weighted by atomic mass is 16.3. The average Bonchev–Trinajstić information content (AvgIpc) is 3.39. The summed E-state index contributed by atoms with van der Waals surface area (Å²) in [7, 11) is 0. The first-order chi connectivity index (χ1) is 20.4. The summed E-state index contributed by atoms with van der Waals surface area (Å²) in [6.45, 7) is 0. The van der Waals surface area contributed by atoms with E-state index in [2.05, 4.69) is 48.5 Å². The van der Waals surface area contributed by atoms with E-state index in [0.717, 1.165) is 65.4 Å². The molecule has 0 fully saturated rings. The maximum absolute atomic E-state index is 8.79. The molecule has 37 heavy (non-hydrogen) atoms. The molecule has 0 saturated heterocycles. The topological polar surface area (TPSA) is 13.1 Å². The van der Waals surface area contributed by atoms with Gasteiger partial charge in [-0.25, -0.2) is 0 Å². The van der Waals surface area contributed by atoms with Crippen LogP contribution in [0.2, 0.25) is 0 Å². The molecule has 0 spiro atoms. The number of para-hydroxylation sites is 1. The quantitative estimate of drug-likeness (QED) is 0.227. The molecule has 0 atom stereocenters. The van der Waals surface area contributed by atoms with E-state index in [1.807, 2.05) is 54.6 Å². The zero-order valence-corrected chi connectivity index (χ0v) is 19.7. The van der Waals surface area contributed by atoms with Crippen LogP contribution < -0.4 is 0 Å². The summed E-state index contributed by atoms with van der Waals surface area (Å²) in [5.74, 6) is 0. The predicted octanol–water partition coefficient (Wildman–Crippen LogP) is 10.4. The molecule has 0 bridgehead atoms. The van der Waals surface area contributed by atoms with Crippen molar-refractivity contribution in [2.24, 2.45) is 0 Å². The third-order valence-corrected chi connectivity index (χ3v) is 7.33. The van der Waals surface area contributed by atoms with Crippen LogP contribution in [0.1, 0.15) is 6.85 Å². The zero-order chi connectivity index (χ0) is 28.7. The van der Waals surface area contributed by atoms with Crippen molar-refractivity contribution in [3.05, 3.63) is 133 Å². The van der Waals surface area contributed by atoms with E-state index in [4.69, 9.17) is 11.3 Å². The van der Waals surface area contributed by atoms with Crippen LogP contribution in [-0.4, -0.2) is 0 Å². The first kappa shape index (κ1) is 16.0. The third kappa shape index (κ3) is 2.98. The van der Waals surface area contributed by atoms with Gasteiger partial charge in [-0.2, -0.15) is 0 Å². The molecule has 0 aliphatic rings. The second kappa shape index (κ2) is 7.81. The summed E-state index contributed by atoms with van der Waals surface area (Å²) in [4.78, 5) is 0. The van der Waals surface area contributed by atoms with Crippen LogP contribution >= 0.6 is 0 Å². The molecule has 7 aromatic carbocycles. The van der Waals surface area contributed by atoms with Crippen LogP contribution in [0.3, 0.4) is 0 Å². The van der Waals surface area contributed by atoms with E-state index in [1.54, 1.807) is 0 Å². The van der Waals surface area contributed by atoms with Gasteiger partial charge in [0.15, 0.2) is 0 Å². The van der Waals surface area contributed by atoms with Gasteiger partial charge in [0.25, 0.3) is 0 Å². The Kier molecular flexibility index (Phi) is 3.37. The molecule has 0 unspecified atom stereocenters. The van der Waals surface area contributed by atoms with Crippen molar-refractivity contribution in [3.8, 4) is 22.3 Å². The number of hydrogen-bond donors (Lipinski definition) is 0. The fraction of sp³-hybridized carbons (Fsp3) is 0. The molecule has 0 N–H and O–H groups in total. The molecule has 0 aliphatic carbocycles. The van der Waals surface area contributed by atoms with Gasteiger partial charge in [0.1, 0.15) is 11.2 Å². The van der Waals surface area contributed by atoms with Crippen molar-refractivity contribution in [2.75, 3.05) is 0 Å². The molecule has 0 aliphatic heterocycles. The van der Waals surface area contributed by atoms with Gasteiger partial charge >= 0.3 is 0 Å². The normalized spacial score (nSPS) is 13.7. The van der Waals surface area contributed by atoms with Gasteiger partial charge in [0, 0.05) is 10.8 Å². The fourth-order valence-corrected chi connectivity index (χ4v) is 5.78. The van der Waals surface area contributed by atoms with Gasteiger partial charge < -0.3 is 4.42 Å². The second-order valence-electron chi connectivity index (χ2n) is 9.31. The summed E-state index contributed by atoms with van der Waals surface area (Å²) < 4.78 is 48.7. The van der Waals surface area contributed by atoms with Crippen LogP contribution in [0.15, 0.2) is 138 Å². The minimum atomic E-state index is -0.397. The monoisotopic (exact) mass is 475 g/mol. The summed E-state index contributed by atoms with van der Waals surface area (Å²) in [6, 6.07) is 33.1. The van der Waals surface area contributed by atoms with Crippen LogP contribution in [0.5, 0.6) is 0 Å². The maximum atomic E-state index is 8.79. The molecule has 1 nitrogen and oxygen atoms in total. The largest absolute Gasteiger partial charge is 0.456 e. The highest BCUT2D eigenvalue weighted by Gasteiger charge is 2.18. The van der Waals surface area contributed by atoms with Gasteiger partial charge in [-0.1, -0.05) is 115 Å². The van der Waals surface area contributed by atoms with Crippen molar-refractivity contribution in [1.82, 2.24) is 0 Å². The van der Waals surface area contributed by atoms with Gasteiger partial charge in [-0.15, -0.1) is 0 Å². The lowest BCUT2D eigenvalue weighted by Crippen LogP contribution is -1.91. The smallest absolute Gasteiger partial charge is 0.136 e. The maximum Gasteiger partial charge on any atom is 0.136 e. The first-order valence-corrected chi connectivity index (χ1v) is 12.3. The summed E-state index contributed by atoms with van der Waals surface area (Å²) >= 11 is 0. The number of benzene rings is 7. The summed E-state index contributed by atoms with van der Waals surface area (Å²) in [5.41, 5.74) is 4.58. The Bertz CT molecular complexity index is 2340. The molecule has 172 valence electrons. The molecule has 0 saturated carbocycles. The molecular weight excluding hydrogens is 448 g/mol. The molecule has 1 aromatic heterocycles. The third-order valence-electron chi connectivity index (χ3n) is 7.33.